The smallest absolute Gasteiger partial charge is 0.135 e. The Kier molecular flexibility index (Phi) is 3.19. The van der Waals surface area contributed by atoms with E-state index in [9.17, 15) is 0 Å². The topological polar surface area (TPSA) is 25.2 Å². The maximum Gasteiger partial charge on any atom is 0.135 e. The third-order valence-corrected chi connectivity index (χ3v) is 4.95. The molecule has 1 atom stereocenters. The molecule has 0 spiro atoms. The summed E-state index contributed by atoms with van der Waals surface area (Å²) >= 11 is 0. The molecule has 1 saturated carbocycles. The van der Waals surface area contributed by atoms with Gasteiger partial charge in [0.2, 0.25) is 0 Å². The highest BCUT2D eigenvalue weighted by Crippen LogP contribution is 2.36. The van der Waals surface area contributed by atoms with Crippen molar-refractivity contribution in [3.05, 3.63) is 48.0 Å². The van der Waals surface area contributed by atoms with Crippen LogP contribution in [0.5, 0.6) is 0 Å². The van der Waals surface area contributed by atoms with Gasteiger partial charge in [-0.05, 0) is 43.1 Å². The summed E-state index contributed by atoms with van der Waals surface area (Å²) in [6, 6.07) is 15.4. The SMILES string of the molecule is CNC(CC1CCC1)c1ccc2oc3ccccc3c2c1. The summed E-state index contributed by atoms with van der Waals surface area (Å²) < 4.78 is 5.91. The zero-order chi connectivity index (χ0) is 14.2. The molecule has 0 bridgehead atoms. The highest BCUT2D eigenvalue weighted by atomic mass is 16.3. The summed E-state index contributed by atoms with van der Waals surface area (Å²) in [7, 11) is 2.07. The highest BCUT2D eigenvalue weighted by molar-refractivity contribution is 6.05. The van der Waals surface area contributed by atoms with Gasteiger partial charge in [-0.2, -0.15) is 0 Å². The van der Waals surface area contributed by atoms with Gasteiger partial charge in [-0.25, -0.2) is 0 Å². The van der Waals surface area contributed by atoms with E-state index in [1.54, 1.807) is 0 Å². The quantitative estimate of drug-likeness (QED) is 0.724. The maximum absolute atomic E-state index is 5.91. The largest absolute Gasteiger partial charge is 0.456 e. The second-order valence-corrected chi connectivity index (χ2v) is 6.23. The number of nitrogens with one attached hydrogen (secondary N) is 1. The molecule has 1 fully saturated rings. The van der Waals surface area contributed by atoms with Gasteiger partial charge in [-0.3, -0.25) is 0 Å². The molecule has 1 N–H and O–H groups in total. The summed E-state index contributed by atoms with van der Waals surface area (Å²) in [4.78, 5) is 0. The fourth-order valence-electron chi connectivity index (χ4n) is 3.44. The lowest BCUT2D eigenvalue weighted by Crippen LogP contribution is -2.23. The number of para-hydroxylation sites is 1. The highest BCUT2D eigenvalue weighted by Gasteiger charge is 2.22. The molecule has 0 radical (unpaired) electrons. The van der Waals surface area contributed by atoms with Crippen molar-refractivity contribution >= 4 is 21.9 Å². The molecule has 0 amide bonds. The van der Waals surface area contributed by atoms with Crippen molar-refractivity contribution in [1.82, 2.24) is 5.32 Å². The van der Waals surface area contributed by atoms with Gasteiger partial charge in [0, 0.05) is 16.8 Å². The Labute approximate surface area is 125 Å². The van der Waals surface area contributed by atoms with E-state index in [0.717, 1.165) is 17.1 Å². The molecule has 0 saturated heterocycles. The minimum Gasteiger partial charge on any atom is -0.456 e. The zero-order valence-corrected chi connectivity index (χ0v) is 12.4. The predicted molar refractivity (Wildman–Crippen MR) is 87.5 cm³/mol. The number of fused-ring (bicyclic) bond motifs is 3. The average Bonchev–Trinajstić information content (AvgIpc) is 2.84. The normalized spacial score (nSPS) is 17.2. The first kappa shape index (κ1) is 12.9. The summed E-state index contributed by atoms with van der Waals surface area (Å²) in [5.74, 6) is 0.902. The molecule has 1 unspecified atom stereocenters. The molecule has 2 aromatic carbocycles. The zero-order valence-electron chi connectivity index (χ0n) is 12.4. The van der Waals surface area contributed by atoms with Crippen LogP contribution in [0, 0.1) is 5.92 Å². The summed E-state index contributed by atoms with van der Waals surface area (Å²) in [6.07, 6.45) is 5.45. The van der Waals surface area contributed by atoms with Crippen LogP contribution in [-0.4, -0.2) is 7.05 Å². The molecular formula is C19H21NO. The van der Waals surface area contributed by atoms with Crippen LogP contribution in [0.1, 0.15) is 37.3 Å². The molecule has 1 heterocycles. The van der Waals surface area contributed by atoms with E-state index in [2.05, 4.69) is 42.7 Å². The van der Waals surface area contributed by atoms with Crippen LogP contribution in [0.2, 0.25) is 0 Å². The Bertz CT molecular complexity index is 769. The summed E-state index contributed by atoms with van der Waals surface area (Å²) in [6.45, 7) is 0. The third kappa shape index (κ3) is 2.24. The minimum atomic E-state index is 0.452. The first-order valence-electron chi connectivity index (χ1n) is 7.93. The number of furan rings is 1. The lowest BCUT2D eigenvalue weighted by molar-refractivity contribution is 0.266. The van der Waals surface area contributed by atoms with Crippen molar-refractivity contribution in [2.24, 2.45) is 5.92 Å². The van der Waals surface area contributed by atoms with Crippen LogP contribution in [0.25, 0.3) is 21.9 Å². The van der Waals surface area contributed by atoms with Gasteiger partial charge in [0.25, 0.3) is 0 Å². The van der Waals surface area contributed by atoms with Gasteiger partial charge in [-0.15, -0.1) is 0 Å². The Balaban J connectivity index is 1.75. The number of hydrogen-bond acceptors (Lipinski definition) is 2. The van der Waals surface area contributed by atoms with E-state index in [0.29, 0.717) is 6.04 Å². The Morgan fingerprint density at radius 2 is 1.90 bits per heavy atom. The predicted octanol–water partition coefficient (Wildman–Crippen LogP) is 5.04. The lowest BCUT2D eigenvalue weighted by atomic mass is 9.79. The van der Waals surface area contributed by atoms with Crippen LogP contribution >= 0.6 is 0 Å². The van der Waals surface area contributed by atoms with E-state index in [4.69, 9.17) is 4.42 Å². The fourth-order valence-corrected chi connectivity index (χ4v) is 3.44. The fraction of sp³-hybridized carbons (Fsp3) is 0.368. The van der Waals surface area contributed by atoms with Crippen LogP contribution in [-0.2, 0) is 0 Å². The van der Waals surface area contributed by atoms with Crippen LogP contribution in [0.3, 0.4) is 0 Å². The van der Waals surface area contributed by atoms with Crippen molar-refractivity contribution < 1.29 is 4.42 Å². The van der Waals surface area contributed by atoms with Gasteiger partial charge in [0.1, 0.15) is 11.2 Å². The Hall–Kier alpha value is -1.80. The second-order valence-electron chi connectivity index (χ2n) is 6.23. The van der Waals surface area contributed by atoms with Crippen molar-refractivity contribution in [3.63, 3.8) is 0 Å². The molecule has 21 heavy (non-hydrogen) atoms. The Morgan fingerprint density at radius 3 is 2.67 bits per heavy atom. The van der Waals surface area contributed by atoms with Gasteiger partial charge >= 0.3 is 0 Å². The molecule has 2 nitrogen and oxygen atoms in total. The lowest BCUT2D eigenvalue weighted by Gasteiger charge is -2.29. The molecular weight excluding hydrogens is 258 g/mol. The van der Waals surface area contributed by atoms with Crippen molar-refractivity contribution in [3.8, 4) is 0 Å². The van der Waals surface area contributed by atoms with E-state index >= 15 is 0 Å². The number of benzene rings is 2. The summed E-state index contributed by atoms with van der Waals surface area (Å²) in [5, 5.41) is 5.94. The maximum atomic E-state index is 5.91. The van der Waals surface area contributed by atoms with Crippen LogP contribution < -0.4 is 5.32 Å². The van der Waals surface area contributed by atoms with Gasteiger partial charge in [0.15, 0.2) is 0 Å². The summed E-state index contributed by atoms with van der Waals surface area (Å²) in [5.41, 5.74) is 3.34. The standard InChI is InChI=1S/C19H21NO/c1-20-17(11-13-5-4-6-13)14-9-10-19-16(12-14)15-7-2-3-8-18(15)21-19/h2-3,7-10,12-13,17,20H,4-6,11H2,1H3. The average molecular weight is 279 g/mol. The molecule has 3 aromatic rings. The molecule has 1 aromatic heterocycles. The van der Waals surface area contributed by atoms with Crippen molar-refractivity contribution in [2.75, 3.05) is 7.05 Å². The second kappa shape index (κ2) is 5.19. The Morgan fingerprint density at radius 1 is 1.10 bits per heavy atom. The van der Waals surface area contributed by atoms with E-state index in [-0.39, 0.29) is 0 Å². The molecule has 1 aliphatic rings. The van der Waals surface area contributed by atoms with Gasteiger partial charge in [-0.1, -0.05) is 43.5 Å². The molecule has 0 aliphatic heterocycles. The van der Waals surface area contributed by atoms with Gasteiger partial charge < -0.3 is 9.73 Å². The van der Waals surface area contributed by atoms with E-state index in [1.807, 2.05) is 12.1 Å². The number of rotatable bonds is 4. The molecule has 1 aliphatic carbocycles. The van der Waals surface area contributed by atoms with E-state index in [1.165, 1.54) is 42.0 Å². The third-order valence-electron chi connectivity index (χ3n) is 4.95. The van der Waals surface area contributed by atoms with Gasteiger partial charge in [0.05, 0.1) is 0 Å². The van der Waals surface area contributed by atoms with Crippen LogP contribution in [0.4, 0.5) is 0 Å². The molecule has 2 heteroatoms. The first-order chi connectivity index (χ1) is 10.3. The van der Waals surface area contributed by atoms with E-state index < -0.39 is 0 Å². The molecule has 108 valence electrons. The van der Waals surface area contributed by atoms with Crippen LogP contribution in [0.15, 0.2) is 46.9 Å². The molecule has 4 rings (SSSR count). The monoisotopic (exact) mass is 279 g/mol. The van der Waals surface area contributed by atoms with Crippen molar-refractivity contribution in [1.29, 1.82) is 0 Å². The minimum absolute atomic E-state index is 0.452. The number of hydrogen-bond donors (Lipinski definition) is 1. The first-order valence-corrected chi connectivity index (χ1v) is 7.93. The van der Waals surface area contributed by atoms with Crippen molar-refractivity contribution in [2.45, 2.75) is 31.7 Å².